The van der Waals surface area contributed by atoms with Crippen molar-refractivity contribution in [1.82, 2.24) is 10.3 Å². The maximum atomic E-state index is 13.0. The Bertz CT molecular complexity index is 865. The second-order valence-electron chi connectivity index (χ2n) is 6.35. The van der Waals surface area contributed by atoms with E-state index >= 15 is 0 Å². The van der Waals surface area contributed by atoms with E-state index in [1.165, 1.54) is 24.3 Å². The zero-order valence-corrected chi connectivity index (χ0v) is 16.9. The Labute approximate surface area is 166 Å². The van der Waals surface area contributed by atoms with Crippen LogP contribution in [0.5, 0.6) is 0 Å². The second kappa shape index (κ2) is 9.41. The summed E-state index contributed by atoms with van der Waals surface area (Å²) in [5.41, 5.74) is 0.699. The van der Waals surface area contributed by atoms with E-state index in [0.29, 0.717) is 10.6 Å². The highest BCUT2D eigenvalue weighted by Crippen LogP contribution is 2.24. The topological polar surface area (TPSA) is 97.4 Å². The summed E-state index contributed by atoms with van der Waals surface area (Å²) < 4.78 is 18.0. The third-order valence-electron chi connectivity index (χ3n) is 3.83. The molecule has 1 unspecified atom stereocenters. The van der Waals surface area contributed by atoms with Crippen molar-refractivity contribution in [2.75, 3.05) is 11.9 Å². The number of hydrogen-bond acceptors (Lipinski definition) is 6. The molecule has 0 saturated carbocycles. The number of aryl methyl sites for hydroxylation is 1. The fourth-order valence-electron chi connectivity index (χ4n) is 2.38. The Morgan fingerprint density at radius 2 is 1.86 bits per heavy atom. The molecular formula is C19H22FN3O4S. The summed E-state index contributed by atoms with van der Waals surface area (Å²) in [4.78, 5) is 41.4. The number of carbonyl (C=O) groups excluding carboxylic acids is 3. The molecule has 0 radical (unpaired) electrons. The molecule has 0 bridgehead atoms. The van der Waals surface area contributed by atoms with Crippen LogP contribution in [0.3, 0.4) is 0 Å². The highest BCUT2D eigenvalue weighted by molar-refractivity contribution is 7.17. The number of anilines is 1. The summed E-state index contributed by atoms with van der Waals surface area (Å²) in [5.74, 6) is -2.12. The molecule has 0 aliphatic rings. The number of halogens is 1. The zero-order chi connectivity index (χ0) is 20.8. The van der Waals surface area contributed by atoms with Gasteiger partial charge in [-0.3, -0.25) is 9.59 Å². The van der Waals surface area contributed by atoms with Gasteiger partial charge in [0.1, 0.15) is 16.7 Å². The summed E-state index contributed by atoms with van der Waals surface area (Å²) in [6.07, 6.45) is 0. The highest BCUT2D eigenvalue weighted by Gasteiger charge is 2.26. The number of hydrogen-bond donors (Lipinski definition) is 2. The molecule has 2 rings (SSSR count). The molecule has 0 aliphatic heterocycles. The Morgan fingerprint density at radius 1 is 1.21 bits per heavy atom. The number of rotatable bonds is 7. The lowest BCUT2D eigenvalue weighted by Gasteiger charge is -2.21. The first-order chi connectivity index (χ1) is 13.2. The van der Waals surface area contributed by atoms with Crippen molar-refractivity contribution >= 4 is 34.3 Å². The van der Waals surface area contributed by atoms with E-state index in [2.05, 4.69) is 15.6 Å². The summed E-state index contributed by atoms with van der Waals surface area (Å²) in [5, 5.41) is 5.52. The van der Waals surface area contributed by atoms with Gasteiger partial charge in [-0.05, 0) is 44.0 Å². The van der Waals surface area contributed by atoms with Gasteiger partial charge in [0.05, 0.1) is 12.3 Å². The van der Waals surface area contributed by atoms with Crippen LogP contribution < -0.4 is 10.6 Å². The molecule has 1 atom stereocenters. The lowest BCUT2D eigenvalue weighted by Crippen LogP contribution is -2.47. The number of nitrogens with zero attached hydrogens (tertiary/aromatic N) is 1. The van der Waals surface area contributed by atoms with Gasteiger partial charge < -0.3 is 15.4 Å². The van der Waals surface area contributed by atoms with Crippen LogP contribution in [0.4, 0.5) is 9.52 Å². The van der Waals surface area contributed by atoms with Gasteiger partial charge in [-0.15, -0.1) is 0 Å². The van der Waals surface area contributed by atoms with Gasteiger partial charge in [0.15, 0.2) is 5.13 Å². The van der Waals surface area contributed by atoms with Crippen LogP contribution in [-0.2, 0) is 9.53 Å². The predicted octanol–water partition coefficient (Wildman–Crippen LogP) is 3.16. The first-order valence-electron chi connectivity index (χ1n) is 8.74. The maximum Gasteiger partial charge on any atom is 0.350 e. The summed E-state index contributed by atoms with van der Waals surface area (Å²) >= 11 is 1.01. The monoisotopic (exact) mass is 407 g/mol. The van der Waals surface area contributed by atoms with Gasteiger partial charge in [0.25, 0.3) is 5.91 Å². The number of benzene rings is 1. The molecule has 1 heterocycles. The minimum absolute atomic E-state index is 0.213. The molecule has 7 nitrogen and oxygen atoms in total. The molecule has 1 aromatic heterocycles. The molecule has 0 fully saturated rings. The molecule has 0 saturated heterocycles. The normalized spacial score (nSPS) is 11.8. The van der Waals surface area contributed by atoms with E-state index in [9.17, 15) is 18.8 Å². The van der Waals surface area contributed by atoms with Crippen LogP contribution >= 0.6 is 11.3 Å². The van der Waals surface area contributed by atoms with Crippen LogP contribution in [0.15, 0.2) is 24.3 Å². The summed E-state index contributed by atoms with van der Waals surface area (Å²) in [6, 6.07) is 4.20. The van der Waals surface area contributed by atoms with Crippen LogP contribution in [-0.4, -0.2) is 35.4 Å². The molecule has 28 heavy (non-hydrogen) atoms. The minimum atomic E-state index is -0.840. The number of ether oxygens (including phenoxy) is 1. The van der Waals surface area contributed by atoms with Gasteiger partial charge in [-0.1, -0.05) is 25.2 Å². The van der Waals surface area contributed by atoms with Crippen molar-refractivity contribution in [2.24, 2.45) is 5.92 Å². The van der Waals surface area contributed by atoms with Crippen LogP contribution in [0.25, 0.3) is 0 Å². The fourth-order valence-corrected chi connectivity index (χ4v) is 3.24. The number of aromatic nitrogens is 1. The summed E-state index contributed by atoms with van der Waals surface area (Å²) in [6.45, 7) is 7.16. The molecule has 0 spiro atoms. The standard InChI is InChI=1S/C19H22FN3O4S/c1-5-27-18(26)15-11(4)21-19(28-15)23-17(25)14(10(2)3)22-16(24)12-6-8-13(20)9-7-12/h6-10,14H,5H2,1-4H3,(H,22,24)(H,21,23,25). The predicted molar refractivity (Wildman–Crippen MR) is 104 cm³/mol. The van der Waals surface area contributed by atoms with Gasteiger partial charge in [-0.25, -0.2) is 14.2 Å². The Balaban J connectivity index is 2.11. The van der Waals surface area contributed by atoms with Crippen molar-refractivity contribution in [3.05, 3.63) is 46.2 Å². The molecule has 9 heteroatoms. The third kappa shape index (κ3) is 5.35. The molecule has 0 aliphatic carbocycles. The van der Waals surface area contributed by atoms with Crippen molar-refractivity contribution in [3.63, 3.8) is 0 Å². The SMILES string of the molecule is CCOC(=O)c1sc(NC(=O)C(NC(=O)c2ccc(F)cc2)C(C)C)nc1C. The van der Waals surface area contributed by atoms with Crippen LogP contribution in [0.2, 0.25) is 0 Å². The van der Waals surface area contributed by atoms with E-state index in [1.54, 1.807) is 27.7 Å². The molecule has 2 amide bonds. The van der Waals surface area contributed by atoms with Crippen molar-refractivity contribution < 1.29 is 23.5 Å². The van der Waals surface area contributed by atoms with E-state index < -0.39 is 29.6 Å². The number of nitrogens with one attached hydrogen (secondary N) is 2. The molecule has 2 N–H and O–H groups in total. The summed E-state index contributed by atoms with van der Waals surface area (Å²) in [7, 11) is 0. The van der Waals surface area contributed by atoms with E-state index in [-0.39, 0.29) is 23.2 Å². The largest absolute Gasteiger partial charge is 0.462 e. The fraction of sp³-hybridized carbons (Fsp3) is 0.368. The first-order valence-corrected chi connectivity index (χ1v) is 9.56. The van der Waals surface area contributed by atoms with Gasteiger partial charge in [0, 0.05) is 5.56 Å². The number of amides is 2. The van der Waals surface area contributed by atoms with Crippen molar-refractivity contribution in [2.45, 2.75) is 33.7 Å². The minimum Gasteiger partial charge on any atom is -0.462 e. The Kier molecular flexibility index (Phi) is 7.22. The third-order valence-corrected chi connectivity index (χ3v) is 4.88. The lowest BCUT2D eigenvalue weighted by atomic mass is 10.0. The number of esters is 1. The average molecular weight is 407 g/mol. The first kappa shape index (κ1) is 21.5. The Hall–Kier alpha value is -2.81. The van der Waals surface area contributed by atoms with Gasteiger partial charge in [-0.2, -0.15) is 0 Å². The Morgan fingerprint density at radius 3 is 2.43 bits per heavy atom. The van der Waals surface area contributed by atoms with Crippen molar-refractivity contribution in [3.8, 4) is 0 Å². The zero-order valence-electron chi connectivity index (χ0n) is 16.0. The molecule has 2 aromatic rings. The highest BCUT2D eigenvalue weighted by atomic mass is 32.1. The van der Waals surface area contributed by atoms with Crippen molar-refractivity contribution in [1.29, 1.82) is 0 Å². The van der Waals surface area contributed by atoms with Crippen LogP contribution in [0, 0.1) is 18.7 Å². The quantitative estimate of drug-likeness (QED) is 0.687. The number of thiazole rings is 1. The number of carbonyl (C=O) groups is 3. The van der Waals surface area contributed by atoms with E-state index in [4.69, 9.17) is 4.74 Å². The second-order valence-corrected chi connectivity index (χ2v) is 7.34. The average Bonchev–Trinajstić information content (AvgIpc) is 3.00. The van der Waals surface area contributed by atoms with E-state index in [0.717, 1.165) is 11.3 Å². The maximum absolute atomic E-state index is 13.0. The van der Waals surface area contributed by atoms with Gasteiger partial charge in [0.2, 0.25) is 5.91 Å². The smallest absolute Gasteiger partial charge is 0.350 e. The molecule has 150 valence electrons. The van der Waals surface area contributed by atoms with Gasteiger partial charge >= 0.3 is 5.97 Å². The van der Waals surface area contributed by atoms with Crippen LogP contribution in [0.1, 0.15) is 46.5 Å². The molecule has 1 aromatic carbocycles. The lowest BCUT2D eigenvalue weighted by molar-refractivity contribution is -0.118. The molecular weight excluding hydrogens is 385 g/mol. The van der Waals surface area contributed by atoms with E-state index in [1.807, 2.05) is 0 Å².